The zero-order valence-corrected chi connectivity index (χ0v) is 36.7. The van der Waals surface area contributed by atoms with Gasteiger partial charge in [0.15, 0.2) is 0 Å². The Balaban J connectivity index is 1.39. The molecule has 342 valence electrons. The Morgan fingerprint density at radius 1 is 1.10 bits per heavy atom. The molecule has 1 aromatic carbocycles. The number of ether oxygens (including phenoxy) is 5. The molecular weight excluding hydrogens is 840 g/mol. The zero-order chi connectivity index (χ0) is 45.4. The molecule has 62 heavy (non-hydrogen) atoms. The molecular formula is C42H56F3N5O11S. The van der Waals surface area contributed by atoms with Crippen LogP contribution in [0, 0.1) is 17.8 Å². The van der Waals surface area contributed by atoms with Crippen molar-refractivity contribution >= 4 is 44.6 Å². The summed E-state index contributed by atoms with van der Waals surface area (Å²) < 4.78 is 97.2. The van der Waals surface area contributed by atoms with E-state index < -0.39 is 85.9 Å². The summed E-state index contributed by atoms with van der Waals surface area (Å²) >= 11 is 0. The third kappa shape index (κ3) is 9.70. The highest BCUT2D eigenvalue weighted by molar-refractivity contribution is 7.91. The lowest BCUT2D eigenvalue weighted by atomic mass is 9.87. The van der Waals surface area contributed by atoms with Crippen molar-refractivity contribution in [2.75, 3.05) is 34.0 Å². The summed E-state index contributed by atoms with van der Waals surface area (Å²) in [7, 11) is -1.21. The first-order chi connectivity index (χ1) is 29.1. The quantitative estimate of drug-likeness (QED) is 0.243. The minimum Gasteiger partial charge on any atom is -0.497 e. The van der Waals surface area contributed by atoms with E-state index in [4.69, 9.17) is 23.7 Å². The molecule has 0 unspecified atom stereocenters. The summed E-state index contributed by atoms with van der Waals surface area (Å²) in [6, 6.07) is 2.21. The van der Waals surface area contributed by atoms with E-state index in [2.05, 4.69) is 20.3 Å². The number of carbonyl (C=O) groups excluding carboxylic acids is 4. The lowest BCUT2D eigenvalue weighted by molar-refractivity contribution is -0.244. The second-order valence-corrected chi connectivity index (χ2v) is 19.7. The summed E-state index contributed by atoms with van der Waals surface area (Å²) in [6.07, 6.45) is -0.341. The molecule has 3 fully saturated rings. The number of amides is 4. The van der Waals surface area contributed by atoms with Crippen molar-refractivity contribution in [2.45, 2.75) is 120 Å². The van der Waals surface area contributed by atoms with Crippen molar-refractivity contribution in [3.63, 3.8) is 0 Å². The minimum atomic E-state index is -4.95. The molecule has 3 N–H and O–H groups in total. The van der Waals surface area contributed by atoms with E-state index in [0.29, 0.717) is 68.4 Å². The highest BCUT2D eigenvalue weighted by atomic mass is 32.2. The largest absolute Gasteiger partial charge is 0.497 e. The Kier molecular flexibility index (Phi) is 13.3. The number of carbonyl (C=O) groups is 4. The molecule has 2 aliphatic carbocycles. The van der Waals surface area contributed by atoms with Gasteiger partial charge in [0.05, 0.1) is 37.8 Å². The number of halogens is 3. The molecule has 2 aromatic rings. The summed E-state index contributed by atoms with van der Waals surface area (Å²) in [4.78, 5) is 62.7. The van der Waals surface area contributed by atoms with E-state index in [1.54, 1.807) is 24.3 Å². The molecule has 20 heteroatoms. The number of nitrogens with one attached hydrogen (secondary N) is 3. The number of nitrogens with zero attached hydrogens (tertiary/aromatic N) is 2. The highest BCUT2D eigenvalue weighted by Gasteiger charge is 2.63. The van der Waals surface area contributed by atoms with Crippen molar-refractivity contribution in [3.8, 4) is 17.4 Å². The first-order valence-corrected chi connectivity index (χ1v) is 22.2. The average Bonchev–Trinajstić information content (AvgIpc) is 4.08. The van der Waals surface area contributed by atoms with Crippen molar-refractivity contribution in [2.24, 2.45) is 17.8 Å². The monoisotopic (exact) mass is 895 g/mol. The number of pyridine rings is 1. The molecule has 4 amide bonds. The molecule has 0 bridgehead atoms. The number of hydrogen-bond acceptors (Lipinski definition) is 12. The number of hydrogen-bond donors (Lipinski definition) is 3. The fourth-order valence-corrected chi connectivity index (χ4v) is 9.37. The Hall–Kier alpha value is -4.85. The third-order valence-electron chi connectivity index (χ3n) is 12.4. The van der Waals surface area contributed by atoms with Crippen molar-refractivity contribution < 1.29 is 64.5 Å². The van der Waals surface area contributed by atoms with Gasteiger partial charge in [-0.2, -0.15) is 13.2 Å². The van der Waals surface area contributed by atoms with Crippen LogP contribution in [0.4, 0.5) is 18.0 Å². The Morgan fingerprint density at radius 2 is 1.82 bits per heavy atom. The Morgan fingerprint density at radius 3 is 2.47 bits per heavy atom. The number of alkyl halides is 3. The van der Waals surface area contributed by atoms with Gasteiger partial charge in [0.25, 0.3) is 5.91 Å². The number of methoxy groups -OCH3 is 2. The van der Waals surface area contributed by atoms with Crippen LogP contribution in [0.3, 0.4) is 0 Å². The maximum absolute atomic E-state index is 15.0. The maximum Gasteiger partial charge on any atom is 0.427 e. The summed E-state index contributed by atoms with van der Waals surface area (Å²) in [5.41, 5.74) is -4.61. The van der Waals surface area contributed by atoms with Gasteiger partial charge in [0, 0.05) is 36.1 Å². The van der Waals surface area contributed by atoms with Gasteiger partial charge >= 0.3 is 12.3 Å². The van der Waals surface area contributed by atoms with Crippen molar-refractivity contribution in [3.05, 3.63) is 36.5 Å². The lowest BCUT2D eigenvalue weighted by Crippen LogP contribution is -2.60. The second-order valence-electron chi connectivity index (χ2n) is 17.5. The van der Waals surface area contributed by atoms with E-state index in [9.17, 15) is 36.0 Å². The predicted molar refractivity (Wildman–Crippen MR) is 219 cm³/mol. The van der Waals surface area contributed by atoms with Gasteiger partial charge in [0.2, 0.25) is 33.3 Å². The molecule has 1 saturated heterocycles. The lowest BCUT2D eigenvalue weighted by Gasteiger charge is -2.35. The molecule has 2 aliphatic heterocycles. The van der Waals surface area contributed by atoms with E-state index in [0.717, 1.165) is 4.90 Å². The predicted octanol–water partition coefficient (Wildman–Crippen LogP) is 4.94. The fraction of sp³-hybridized carbons (Fsp3) is 0.643. The van der Waals surface area contributed by atoms with E-state index >= 15 is 4.79 Å². The topological polar surface area (TPSA) is 201 Å². The Labute approximate surface area is 359 Å². The van der Waals surface area contributed by atoms with Gasteiger partial charge in [-0.3, -0.25) is 19.1 Å². The van der Waals surface area contributed by atoms with Crippen LogP contribution in [0.25, 0.3) is 10.8 Å². The van der Waals surface area contributed by atoms with Crippen LogP contribution < -0.4 is 29.6 Å². The summed E-state index contributed by atoms with van der Waals surface area (Å²) in [5.74, 6) is -2.97. The maximum atomic E-state index is 15.0. The van der Waals surface area contributed by atoms with Crippen molar-refractivity contribution in [1.29, 1.82) is 0 Å². The van der Waals surface area contributed by atoms with Gasteiger partial charge in [-0.1, -0.05) is 19.1 Å². The SMILES string of the molecule is CCOc1cnc(O[C@@H]2C[C@H]3C(=O)N[C@]4(C(=O)NS(=O)(=O)C5(C)CC5)C[C@H]4/C=C\CC[C@@H](C)C[C@@H](COC)[C@H](NC(=O)OC(C)(C)C(F)(F)F)C(=O)N3C2)c2ccc(OC)cc12. The van der Waals surface area contributed by atoms with Gasteiger partial charge in [-0.05, 0) is 90.3 Å². The van der Waals surface area contributed by atoms with Crippen LogP contribution in [0.1, 0.15) is 79.6 Å². The fourth-order valence-electron chi connectivity index (χ4n) is 8.06. The van der Waals surface area contributed by atoms with E-state index in [1.807, 2.05) is 19.9 Å². The molecule has 2 saturated carbocycles. The van der Waals surface area contributed by atoms with Gasteiger partial charge in [-0.15, -0.1) is 0 Å². The molecule has 4 aliphatic rings. The van der Waals surface area contributed by atoms with Crippen LogP contribution >= 0.6 is 0 Å². The van der Waals surface area contributed by atoms with Crippen LogP contribution in [0.15, 0.2) is 36.5 Å². The molecule has 3 heterocycles. The molecule has 0 radical (unpaired) electrons. The van der Waals surface area contributed by atoms with Gasteiger partial charge in [-0.25, -0.2) is 18.2 Å². The number of alkyl carbamates (subject to hydrolysis) is 1. The van der Waals surface area contributed by atoms with E-state index in [1.165, 1.54) is 27.3 Å². The van der Waals surface area contributed by atoms with Crippen LogP contribution in [-0.4, -0.2) is 116 Å². The number of allylic oxidation sites excluding steroid dienone is 1. The van der Waals surface area contributed by atoms with Crippen molar-refractivity contribution in [1.82, 2.24) is 25.2 Å². The first kappa shape index (κ1) is 46.6. The smallest absolute Gasteiger partial charge is 0.427 e. The van der Waals surface area contributed by atoms with Gasteiger partial charge in [0.1, 0.15) is 35.2 Å². The molecule has 1 aromatic heterocycles. The van der Waals surface area contributed by atoms with Crippen LogP contribution in [0.5, 0.6) is 17.4 Å². The first-order valence-electron chi connectivity index (χ1n) is 20.8. The summed E-state index contributed by atoms with van der Waals surface area (Å²) in [5, 5.41) is 6.32. The molecule has 7 atom stereocenters. The molecule has 16 nitrogen and oxygen atoms in total. The zero-order valence-electron chi connectivity index (χ0n) is 35.9. The summed E-state index contributed by atoms with van der Waals surface area (Å²) in [6.45, 7) is 6.58. The number of sulfonamides is 1. The second kappa shape index (κ2) is 17.7. The third-order valence-corrected chi connectivity index (χ3v) is 14.5. The highest BCUT2D eigenvalue weighted by Crippen LogP contribution is 2.48. The molecule has 6 rings (SSSR count). The average molecular weight is 896 g/mol. The normalized spacial score (nSPS) is 28.3. The standard InChI is InChI=1S/C42H56F3N5O11S/c1-8-59-32-21-46-35(29-14-13-27(58-7)18-30(29)32)60-28-19-31-34(51)48-41(37(53)49-62(55,56)40(5)15-16-40)20-26(41)12-10-9-11-24(2)17-25(23-57-6)33(36(52)50(31)22-28)47-38(54)61-39(3,4)42(43,44)45/h10,12-14,18,21,24-26,28,31,33H,8-9,11,15-17,19-20,22-23H2,1-7H3,(H,47,54)(H,48,51)(H,49,53)/b12-10-/t24-,25+,26-,28-,31+,33+,41-/m1/s1. The number of aromatic nitrogens is 1. The minimum absolute atomic E-state index is 0.0793. The number of benzene rings is 1. The molecule has 0 spiro atoms. The number of rotatable bonds is 12. The van der Waals surface area contributed by atoms with Crippen LogP contribution in [-0.2, 0) is 33.9 Å². The van der Waals surface area contributed by atoms with Gasteiger partial charge < -0.3 is 39.2 Å². The van der Waals surface area contributed by atoms with E-state index in [-0.39, 0.29) is 44.2 Å². The van der Waals surface area contributed by atoms with Crippen LogP contribution in [0.2, 0.25) is 0 Å². The Bertz CT molecular complexity index is 2180. The number of fused-ring (bicyclic) bond motifs is 3.